The zero-order chi connectivity index (χ0) is 11.0. The van der Waals surface area contributed by atoms with E-state index in [1.807, 2.05) is 0 Å². The van der Waals surface area contributed by atoms with Gasteiger partial charge in [-0.3, -0.25) is 0 Å². The first kappa shape index (κ1) is 11.7. The van der Waals surface area contributed by atoms with E-state index >= 15 is 0 Å². The Morgan fingerprint density at radius 1 is 1.40 bits per heavy atom. The molecule has 0 aliphatic rings. The second-order valence-electron chi connectivity index (χ2n) is 2.81. The molecule has 1 N–H and O–H groups in total. The largest absolute Gasteiger partial charge is 0.450 e. The first-order valence-corrected chi connectivity index (χ1v) is 6.74. The highest BCUT2D eigenvalue weighted by molar-refractivity contribution is 9.13. The van der Waals surface area contributed by atoms with E-state index in [4.69, 9.17) is 16.0 Å². The van der Waals surface area contributed by atoms with Crippen LogP contribution in [0.5, 0.6) is 0 Å². The predicted octanol–water partition coefficient (Wildman–Crippen LogP) is 4.60. The summed E-state index contributed by atoms with van der Waals surface area (Å²) in [5, 5.41) is 9.96. The Balaban J connectivity index is 2.31. The van der Waals surface area contributed by atoms with Gasteiger partial charge in [-0.15, -0.1) is 11.3 Å². The number of thiophene rings is 1. The third-order valence-corrected chi connectivity index (χ3v) is 4.79. The fraction of sp³-hybridized carbons (Fsp3) is 0.111. The molecule has 80 valence electrons. The molecule has 0 bridgehead atoms. The smallest absolute Gasteiger partial charge is 0.183 e. The average molecular weight is 372 g/mol. The van der Waals surface area contributed by atoms with Gasteiger partial charge in [0.1, 0.15) is 11.9 Å². The van der Waals surface area contributed by atoms with Gasteiger partial charge in [0.25, 0.3) is 0 Å². The molecule has 0 radical (unpaired) electrons. The van der Waals surface area contributed by atoms with Crippen molar-refractivity contribution in [1.29, 1.82) is 0 Å². The molecule has 0 spiro atoms. The number of halogens is 3. The summed E-state index contributed by atoms with van der Waals surface area (Å²) in [6.07, 6.45) is -0.773. The predicted molar refractivity (Wildman–Crippen MR) is 67.5 cm³/mol. The first-order chi connectivity index (χ1) is 7.08. The van der Waals surface area contributed by atoms with Crippen LogP contribution in [-0.4, -0.2) is 5.11 Å². The van der Waals surface area contributed by atoms with Gasteiger partial charge in [0.2, 0.25) is 0 Å². The van der Waals surface area contributed by atoms with Crippen LogP contribution in [0.2, 0.25) is 4.34 Å². The minimum Gasteiger partial charge on any atom is -0.450 e. The summed E-state index contributed by atoms with van der Waals surface area (Å²) < 4.78 is 7.32. The summed E-state index contributed by atoms with van der Waals surface area (Å²) >= 11 is 13.6. The van der Waals surface area contributed by atoms with E-state index in [0.717, 1.165) is 9.35 Å². The van der Waals surface area contributed by atoms with Crippen molar-refractivity contribution < 1.29 is 9.52 Å². The summed E-state index contributed by atoms with van der Waals surface area (Å²) in [5.74, 6) is 0.479. The van der Waals surface area contributed by atoms with Gasteiger partial charge in [0, 0.05) is 4.88 Å². The van der Waals surface area contributed by atoms with Gasteiger partial charge in [-0.2, -0.15) is 0 Å². The molecule has 2 heterocycles. The van der Waals surface area contributed by atoms with Crippen LogP contribution in [0.15, 0.2) is 31.8 Å². The van der Waals surface area contributed by atoms with E-state index in [9.17, 15) is 5.11 Å². The number of hydrogen-bond acceptors (Lipinski definition) is 3. The summed E-state index contributed by atoms with van der Waals surface area (Å²) in [7, 11) is 0. The molecular formula is C9H5Br2ClO2S. The van der Waals surface area contributed by atoms with Gasteiger partial charge in [-0.05, 0) is 50.1 Å². The molecule has 2 aromatic heterocycles. The molecule has 2 nitrogen and oxygen atoms in total. The molecule has 0 aliphatic heterocycles. The van der Waals surface area contributed by atoms with E-state index < -0.39 is 6.10 Å². The van der Waals surface area contributed by atoms with E-state index in [1.165, 1.54) is 11.3 Å². The van der Waals surface area contributed by atoms with Gasteiger partial charge >= 0.3 is 0 Å². The maximum absolute atomic E-state index is 9.96. The lowest BCUT2D eigenvalue weighted by Crippen LogP contribution is -1.93. The molecule has 0 aliphatic carbocycles. The lowest BCUT2D eigenvalue weighted by atomic mass is 10.2. The third-order valence-electron chi connectivity index (χ3n) is 1.80. The highest BCUT2D eigenvalue weighted by atomic mass is 79.9. The van der Waals surface area contributed by atoms with Gasteiger partial charge in [0.05, 0.1) is 8.81 Å². The molecule has 2 aromatic rings. The van der Waals surface area contributed by atoms with Crippen molar-refractivity contribution in [3.63, 3.8) is 0 Å². The van der Waals surface area contributed by atoms with Crippen LogP contribution in [0.25, 0.3) is 0 Å². The van der Waals surface area contributed by atoms with Crippen LogP contribution >= 0.6 is 54.8 Å². The van der Waals surface area contributed by atoms with Crippen LogP contribution in [0.1, 0.15) is 16.7 Å². The molecule has 15 heavy (non-hydrogen) atoms. The molecule has 0 fully saturated rings. The number of aliphatic hydroxyl groups is 1. The van der Waals surface area contributed by atoms with Crippen LogP contribution in [0.4, 0.5) is 0 Å². The van der Waals surface area contributed by atoms with Crippen molar-refractivity contribution in [2.24, 2.45) is 0 Å². The van der Waals surface area contributed by atoms with Gasteiger partial charge in [0.15, 0.2) is 4.67 Å². The first-order valence-electron chi connectivity index (χ1n) is 3.96. The molecule has 2 rings (SSSR count). The van der Waals surface area contributed by atoms with Crippen molar-refractivity contribution in [2.45, 2.75) is 6.10 Å². The summed E-state index contributed by atoms with van der Waals surface area (Å²) in [6.45, 7) is 0. The van der Waals surface area contributed by atoms with Gasteiger partial charge in [-0.25, -0.2) is 0 Å². The monoisotopic (exact) mass is 370 g/mol. The number of rotatable bonds is 2. The molecule has 0 saturated carbocycles. The van der Waals surface area contributed by atoms with Crippen molar-refractivity contribution in [1.82, 2.24) is 0 Å². The highest BCUT2D eigenvalue weighted by Gasteiger charge is 2.18. The van der Waals surface area contributed by atoms with Crippen LogP contribution in [0.3, 0.4) is 0 Å². The van der Waals surface area contributed by atoms with Crippen molar-refractivity contribution in [2.75, 3.05) is 0 Å². The van der Waals surface area contributed by atoms with Crippen molar-refractivity contribution in [3.8, 4) is 0 Å². The average Bonchev–Trinajstić information content (AvgIpc) is 2.74. The summed E-state index contributed by atoms with van der Waals surface area (Å²) in [4.78, 5) is 0.758. The summed E-state index contributed by atoms with van der Waals surface area (Å²) in [6, 6.07) is 5.25. The Hall–Kier alpha value is 0.190. The van der Waals surface area contributed by atoms with Crippen LogP contribution < -0.4 is 0 Å². The molecule has 6 heteroatoms. The Bertz CT molecular complexity index is 461. The third kappa shape index (κ3) is 2.47. The lowest BCUT2D eigenvalue weighted by molar-refractivity contribution is 0.191. The van der Waals surface area contributed by atoms with E-state index in [0.29, 0.717) is 14.8 Å². The maximum atomic E-state index is 9.96. The fourth-order valence-electron chi connectivity index (χ4n) is 1.11. The zero-order valence-electron chi connectivity index (χ0n) is 7.21. The second-order valence-corrected chi connectivity index (χ2v) is 6.14. The van der Waals surface area contributed by atoms with Crippen LogP contribution in [0, 0.1) is 0 Å². The standard InChI is InChI=1S/C9H5Br2ClO2S/c10-4-3-5(14-9(4)11)8(13)6-1-2-7(12)15-6/h1-3,8,13H. The minimum absolute atomic E-state index is 0.479. The lowest BCUT2D eigenvalue weighted by Gasteiger charge is -2.03. The second kappa shape index (κ2) is 4.59. The fourth-order valence-corrected chi connectivity index (χ4v) is 2.78. The van der Waals surface area contributed by atoms with Crippen molar-refractivity contribution >= 4 is 54.8 Å². The quantitative estimate of drug-likeness (QED) is 0.836. The SMILES string of the molecule is OC(c1cc(Br)c(Br)o1)c1ccc(Cl)s1. The summed E-state index contributed by atoms with van der Waals surface area (Å²) in [5.41, 5.74) is 0. The zero-order valence-corrected chi connectivity index (χ0v) is 12.0. The Labute approximate surface area is 112 Å². The minimum atomic E-state index is -0.773. The molecule has 0 saturated heterocycles. The normalized spacial score (nSPS) is 13.1. The van der Waals surface area contributed by atoms with Crippen molar-refractivity contribution in [3.05, 3.63) is 42.3 Å². The molecule has 1 unspecified atom stereocenters. The van der Waals surface area contributed by atoms with E-state index in [2.05, 4.69) is 31.9 Å². The molecular weight excluding hydrogens is 367 g/mol. The maximum Gasteiger partial charge on any atom is 0.183 e. The molecule has 1 atom stereocenters. The highest BCUT2D eigenvalue weighted by Crippen LogP contribution is 2.35. The number of hydrogen-bond donors (Lipinski definition) is 1. The molecule has 0 amide bonds. The van der Waals surface area contributed by atoms with E-state index in [1.54, 1.807) is 18.2 Å². The van der Waals surface area contributed by atoms with E-state index in [-0.39, 0.29) is 0 Å². The number of aliphatic hydroxyl groups excluding tert-OH is 1. The Morgan fingerprint density at radius 3 is 2.60 bits per heavy atom. The number of furan rings is 1. The van der Waals surface area contributed by atoms with Gasteiger partial charge < -0.3 is 9.52 Å². The Kier molecular flexibility index (Phi) is 3.57. The topological polar surface area (TPSA) is 33.4 Å². The Morgan fingerprint density at radius 2 is 2.13 bits per heavy atom. The van der Waals surface area contributed by atoms with Gasteiger partial charge in [-0.1, -0.05) is 11.6 Å². The van der Waals surface area contributed by atoms with Crippen LogP contribution in [-0.2, 0) is 0 Å². The molecule has 0 aromatic carbocycles.